The minimum atomic E-state index is -5.08. The lowest BCUT2D eigenvalue weighted by Crippen LogP contribution is -2.36. The number of hydrogen-bond donors (Lipinski definition) is 2. The van der Waals surface area contributed by atoms with Crippen LogP contribution in [0.4, 0.5) is 18.9 Å². The first-order valence-corrected chi connectivity index (χ1v) is 8.99. The first-order valence-electron chi connectivity index (χ1n) is 8.99. The maximum absolute atomic E-state index is 12.3. The summed E-state index contributed by atoms with van der Waals surface area (Å²) in [6, 6.07) is 5.73. The van der Waals surface area contributed by atoms with Crippen molar-refractivity contribution in [2.75, 3.05) is 25.0 Å². The van der Waals surface area contributed by atoms with E-state index in [0.717, 1.165) is 18.5 Å². The van der Waals surface area contributed by atoms with Gasteiger partial charge in [-0.3, -0.25) is 9.78 Å². The lowest BCUT2D eigenvalue weighted by atomic mass is 9.97. The smallest absolute Gasteiger partial charge is 0.475 e. The Morgan fingerprint density at radius 2 is 2.07 bits per heavy atom. The Labute approximate surface area is 168 Å². The summed E-state index contributed by atoms with van der Waals surface area (Å²) >= 11 is 0. The zero-order valence-corrected chi connectivity index (χ0v) is 15.6. The Morgan fingerprint density at radius 1 is 1.30 bits per heavy atom. The number of aliphatic carboxylic acids is 1. The quantitative estimate of drug-likeness (QED) is 0.764. The average molecular weight is 428 g/mol. The van der Waals surface area contributed by atoms with E-state index >= 15 is 0 Å². The van der Waals surface area contributed by atoms with Gasteiger partial charge in [-0.1, -0.05) is 5.16 Å². The molecule has 0 radical (unpaired) electrons. The molecule has 12 heteroatoms. The Hall–Kier alpha value is -3.15. The number of carbonyl (C=O) groups excluding carboxylic acids is 1. The molecule has 162 valence electrons. The van der Waals surface area contributed by atoms with Crippen LogP contribution >= 0.6 is 0 Å². The van der Waals surface area contributed by atoms with E-state index in [0.29, 0.717) is 19.7 Å². The van der Waals surface area contributed by atoms with Crippen LogP contribution in [0.3, 0.4) is 0 Å². The third-order valence-corrected chi connectivity index (χ3v) is 4.74. The highest BCUT2D eigenvalue weighted by Gasteiger charge is 2.47. The number of alkyl halides is 3. The zero-order valence-electron chi connectivity index (χ0n) is 15.6. The number of carboxylic acids is 1. The van der Waals surface area contributed by atoms with Crippen LogP contribution in [0.15, 0.2) is 41.3 Å². The van der Waals surface area contributed by atoms with Crippen LogP contribution in [0.2, 0.25) is 0 Å². The van der Waals surface area contributed by atoms with Gasteiger partial charge >= 0.3 is 12.1 Å². The molecule has 0 bridgehead atoms. The van der Waals surface area contributed by atoms with Gasteiger partial charge in [-0.2, -0.15) is 13.2 Å². The van der Waals surface area contributed by atoms with E-state index in [2.05, 4.69) is 15.5 Å². The molecule has 4 rings (SSSR count). The molecule has 2 aromatic rings. The van der Waals surface area contributed by atoms with Crippen molar-refractivity contribution in [2.45, 2.75) is 30.7 Å². The molecule has 2 aliphatic rings. The highest BCUT2D eigenvalue weighted by atomic mass is 19.4. The molecule has 2 N–H and O–H groups in total. The van der Waals surface area contributed by atoms with Crippen LogP contribution in [0, 0.1) is 0 Å². The number of amides is 1. The Kier molecular flexibility index (Phi) is 6.25. The number of carbonyl (C=O) groups is 2. The van der Waals surface area contributed by atoms with Gasteiger partial charge in [-0.05, 0) is 18.6 Å². The fraction of sp³-hybridized carbons (Fsp3) is 0.444. The number of likely N-dealkylation sites (tertiary alicyclic amines) is 1. The molecule has 0 aromatic carbocycles. The summed E-state index contributed by atoms with van der Waals surface area (Å²) in [6.07, 6.45) is 1.68. The molecule has 1 spiro atoms. The third-order valence-electron chi connectivity index (χ3n) is 4.74. The second kappa shape index (κ2) is 8.69. The molecule has 4 heterocycles. The molecular formula is C18H19F3N4O5. The van der Waals surface area contributed by atoms with Crippen LogP contribution in [-0.4, -0.2) is 69.5 Å². The number of hydrogen-bond acceptors (Lipinski definition) is 7. The van der Waals surface area contributed by atoms with Crippen LogP contribution in [0.5, 0.6) is 0 Å². The van der Waals surface area contributed by atoms with Crippen molar-refractivity contribution in [1.29, 1.82) is 0 Å². The van der Waals surface area contributed by atoms with Gasteiger partial charge < -0.3 is 24.6 Å². The Morgan fingerprint density at radius 3 is 2.67 bits per heavy atom. The Bertz CT molecular complexity index is 862. The molecule has 2 fully saturated rings. The number of rotatable bonds is 3. The summed E-state index contributed by atoms with van der Waals surface area (Å²) in [5.74, 6) is -2.59. The monoisotopic (exact) mass is 428 g/mol. The molecule has 2 saturated heterocycles. The molecule has 0 saturated carbocycles. The molecule has 2 atom stereocenters. The molecule has 9 nitrogen and oxygen atoms in total. The van der Waals surface area contributed by atoms with E-state index in [1.807, 2.05) is 12.1 Å². The fourth-order valence-corrected chi connectivity index (χ4v) is 3.41. The number of nitrogens with zero attached hydrogens (tertiary/aromatic N) is 3. The molecule has 0 aliphatic carbocycles. The number of carboxylic acid groups (broad SMARTS) is 1. The van der Waals surface area contributed by atoms with Gasteiger partial charge in [0, 0.05) is 31.4 Å². The van der Waals surface area contributed by atoms with Gasteiger partial charge in [0.15, 0.2) is 0 Å². The SMILES string of the molecule is O=C(O)C(F)(F)F.O=C(c1ccno1)N1CCC2(CC(Nc3cccnc3)CO2)C1. The van der Waals surface area contributed by atoms with Crippen molar-refractivity contribution in [3.8, 4) is 0 Å². The normalized spacial score (nSPS) is 23.2. The van der Waals surface area contributed by atoms with Crippen molar-refractivity contribution < 1.29 is 37.1 Å². The minimum Gasteiger partial charge on any atom is -0.475 e. The van der Waals surface area contributed by atoms with Crippen molar-refractivity contribution in [1.82, 2.24) is 15.0 Å². The van der Waals surface area contributed by atoms with E-state index in [-0.39, 0.29) is 23.3 Å². The number of aromatic nitrogens is 2. The van der Waals surface area contributed by atoms with E-state index in [9.17, 15) is 18.0 Å². The second-order valence-corrected chi connectivity index (χ2v) is 6.94. The summed E-state index contributed by atoms with van der Waals surface area (Å²) < 4.78 is 42.8. The van der Waals surface area contributed by atoms with Crippen LogP contribution < -0.4 is 5.32 Å². The Balaban J connectivity index is 0.000000318. The van der Waals surface area contributed by atoms with Crippen LogP contribution in [-0.2, 0) is 9.53 Å². The summed E-state index contributed by atoms with van der Waals surface area (Å²) in [5.41, 5.74) is 0.737. The highest BCUT2D eigenvalue weighted by Crippen LogP contribution is 2.36. The first kappa shape index (κ1) is 21.6. The zero-order chi connectivity index (χ0) is 21.8. The summed E-state index contributed by atoms with van der Waals surface area (Å²) in [7, 11) is 0. The molecule has 2 aliphatic heterocycles. The van der Waals surface area contributed by atoms with Crippen molar-refractivity contribution >= 4 is 17.6 Å². The molecule has 2 aromatic heterocycles. The maximum atomic E-state index is 12.3. The molecular weight excluding hydrogens is 409 g/mol. The number of anilines is 1. The highest BCUT2D eigenvalue weighted by molar-refractivity contribution is 5.91. The minimum absolute atomic E-state index is 0.119. The summed E-state index contributed by atoms with van der Waals surface area (Å²) in [5, 5.41) is 14.2. The third kappa shape index (κ3) is 5.26. The van der Waals surface area contributed by atoms with Gasteiger partial charge in [0.2, 0.25) is 5.76 Å². The predicted molar refractivity (Wildman–Crippen MR) is 95.7 cm³/mol. The van der Waals surface area contributed by atoms with E-state index in [1.165, 1.54) is 6.20 Å². The second-order valence-electron chi connectivity index (χ2n) is 6.94. The average Bonchev–Trinajstić information content (AvgIpc) is 3.45. The number of pyridine rings is 1. The van der Waals surface area contributed by atoms with Gasteiger partial charge in [-0.15, -0.1) is 0 Å². The largest absolute Gasteiger partial charge is 0.490 e. The van der Waals surface area contributed by atoms with Crippen molar-refractivity contribution in [3.05, 3.63) is 42.5 Å². The standard InChI is InChI=1S/C16H18N4O3.C2HF3O2/c21-15(14-3-6-18-23-14)20-7-4-16(11-20)8-13(10-22-16)19-12-2-1-5-17-9-12;3-2(4,5)1(6)7/h1-3,5-6,9,13,19H,4,7-8,10-11H2;(H,6,7). The van der Waals surface area contributed by atoms with Crippen LogP contribution in [0.25, 0.3) is 0 Å². The first-order chi connectivity index (χ1) is 14.2. The number of ether oxygens (including phenoxy) is 1. The lowest BCUT2D eigenvalue weighted by molar-refractivity contribution is -0.192. The fourth-order valence-electron chi connectivity index (χ4n) is 3.41. The number of nitrogens with one attached hydrogen (secondary N) is 1. The van der Waals surface area contributed by atoms with E-state index < -0.39 is 12.1 Å². The molecule has 2 unspecified atom stereocenters. The van der Waals surface area contributed by atoms with Gasteiger partial charge in [0.25, 0.3) is 5.91 Å². The van der Waals surface area contributed by atoms with Crippen LogP contribution in [0.1, 0.15) is 23.4 Å². The predicted octanol–water partition coefficient (Wildman–Crippen LogP) is 2.19. The van der Waals surface area contributed by atoms with Crippen molar-refractivity contribution in [2.24, 2.45) is 0 Å². The summed E-state index contributed by atoms with van der Waals surface area (Å²) in [4.78, 5) is 27.1. The number of halogens is 3. The van der Waals surface area contributed by atoms with E-state index in [1.54, 1.807) is 23.4 Å². The lowest BCUT2D eigenvalue weighted by Gasteiger charge is -2.23. The topological polar surface area (TPSA) is 118 Å². The molecule has 30 heavy (non-hydrogen) atoms. The van der Waals surface area contributed by atoms with Gasteiger partial charge in [-0.25, -0.2) is 4.79 Å². The van der Waals surface area contributed by atoms with Crippen molar-refractivity contribution in [3.63, 3.8) is 0 Å². The van der Waals surface area contributed by atoms with E-state index in [4.69, 9.17) is 19.2 Å². The van der Waals surface area contributed by atoms with Gasteiger partial charge in [0.1, 0.15) is 0 Å². The van der Waals surface area contributed by atoms with Gasteiger partial charge in [0.05, 0.1) is 36.7 Å². The molecule has 1 amide bonds. The summed E-state index contributed by atoms with van der Waals surface area (Å²) in [6.45, 7) is 1.91. The maximum Gasteiger partial charge on any atom is 0.490 e.